The molecule has 1 N–H and O–H groups in total. The van der Waals surface area contributed by atoms with E-state index in [2.05, 4.69) is 20.5 Å². The van der Waals surface area contributed by atoms with Gasteiger partial charge in [0, 0.05) is 19.6 Å². The van der Waals surface area contributed by atoms with Gasteiger partial charge in [0.05, 0.1) is 17.6 Å². The predicted octanol–water partition coefficient (Wildman–Crippen LogP) is 1.20. The number of aromatic nitrogens is 3. The van der Waals surface area contributed by atoms with Gasteiger partial charge in [-0.05, 0) is 37.7 Å². The molecule has 0 unspecified atom stereocenters. The Balaban J connectivity index is 1.79. The van der Waals surface area contributed by atoms with Crippen LogP contribution in [0.25, 0.3) is 5.69 Å². The fourth-order valence-corrected chi connectivity index (χ4v) is 2.48. The van der Waals surface area contributed by atoms with Crippen molar-refractivity contribution in [1.82, 2.24) is 25.2 Å². The highest BCUT2D eigenvalue weighted by Gasteiger charge is 2.13. The molecule has 3 rings (SSSR count). The number of halogens is 1. The predicted molar refractivity (Wildman–Crippen MR) is 74.1 cm³/mol. The van der Waals surface area contributed by atoms with Crippen molar-refractivity contribution in [3.63, 3.8) is 0 Å². The summed E-state index contributed by atoms with van der Waals surface area (Å²) in [6, 6.07) is 6.43. The minimum absolute atomic E-state index is 0.261. The second-order valence-electron chi connectivity index (χ2n) is 5.00. The van der Waals surface area contributed by atoms with E-state index >= 15 is 0 Å². The van der Waals surface area contributed by atoms with Gasteiger partial charge in [0.25, 0.3) is 0 Å². The van der Waals surface area contributed by atoms with Crippen LogP contribution in [0.3, 0.4) is 0 Å². The van der Waals surface area contributed by atoms with Gasteiger partial charge in [-0.1, -0.05) is 11.3 Å². The van der Waals surface area contributed by atoms with Crippen molar-refractivity contribution in [3.8, 4) is 5.69 Å². The van der Waals surface area contributed by atoms with Crippen molar-refractivity contribution in [3.05, 3.63) is 42.0 Å². The van der Waals surface area contributed by atoms with E-state index in [1.807, 2.05) is 6.07 Å². The van der Waals surface area contributed by atoms with Crippen LogP contribution in [0.15, 0.2) is 30.5 Å². The van der Waals surface area contributed by atoms with Crippen LogP contribution in [-0.2, 0) is 6.54 Å². The standard InChI is InChI=1S/C14H18FN5/c15-12-3-1-4-13(9-12)20-14(10-17-18-20)11-19-7-2-5-16-6-8-19/h1,3-4,9-10,16H,2,5-8,11H2. The highest BCUT2D eigenvalue weighted by Crippen LogP contribution is 2.13. The van der Waals surface area contributed by atoms with Crippen molar-refractivity contribution >= 4 is 0 Å². The average Bonchev–Trinajstić information content (AvgIpc) is 2.74. The summed E-state index contributed by atoms with van der Waals surface area (Å²) in [7, 11) is 0. The molecule has 2 aromatic rings. The Kier molecular flexibility index (Phi) is 4.03. The molecule has 0 amide bonds. The van der Waals surface area contributed by atoms with Crippen molar-refractivity contribution in [2.45, 2.75) is 13.0 Å². The number of benzene rings is 1. The normalized spacial score (nSPS) is 17.1. The molecule has 0 spiro atoms. The Labute approximate surface area is 117 Å². The van der Waals surface area contributed by atoms with Gasteiger partial charge in [0.2, 0.25) is 0 Å². The van der Waals surface area contributed by atoms with E-state index in [1.165, 1.54) is 12.1 Å². The minimum Gasteiger partial charge on any atom is -0.315 e. The number of nitrogens with one attached hydrogen (secondary N) is 1. The van der Waals surface area contributed by atoms with Crippen LogP contribution >= 0.6 is 0 Å². The fourth-order valence-electron chi connectivity index (χ4n) is 2.48. The molecule has 0 saturated carbocycles. The third-order valence-electron chi connectivity index (χ3n) is 3.49. The van der Waals surface area contributed by atoms with E-state index in [1.54, 1.807) is 16.9 Å². The van der Waals surface area contributed by atoms with Gasteiger partial charge in [-0.25, -0.2) is 9.07 Å². The maximum Gasteiger partial charge on any atom is 0.125 e. The van der Waals surface area contributed by atoms with E-state index in [0.29, 0.717) is 5.69 Å². The highest BCUT2D eigenvalue weighted by molar-refractivity contribution is 5.32. The molecular formula is C14H18FN5. The number of hydrogen-bond donors (Lipinski definition) is 1. The summed E-state index contributed by atoms with van der Waals surface area (Å²) in [6.45, 7) is 4.92. The molecule has 1 aliphatic heterocycles. The second kappa shape index (κ2) is 6.11. The van der Waals surface area contributed by atoms with Crippen molar-refractivity contribution in [2.24, 2.45) is 0 Å². The Morgan fingerprint density at radius 1 is 1.25 bits per heavy atom. The van der Waals surface area contributed by atoms with E-state index in [4.69, 9.17) is 0 Å². The molecular weight excluding hydrogens is 257 g/mol. The van der Waals surface area contributed by atoms with Gasteiger partial charge in [0.15, 0.2) is 0 Å². The molecule has 1 aromatic heterocycles. The lowest BCUT2D eigenvalue weighted by atomic mass is 10.3. The maximum absolute atomic E-state index is 13.3. The molecule has 106 valence electrons. The molecule has 2 heterocycles. The highest BCUT2D eigenvalue weighted by atomic mass is 19.1. The van der Waals surface area contributed by atoms with Gasteiger partial charge in [-0.15, -0.1) is 5.10 Å². The first-order valence-electron chi connectivity index (χ1n) is 6.91. The lowest BCUT2D eigenvalue weighted by molar-refractivity contribution is 0.278. The van der Waals surface area contributed by atoms with Crippen molar-refractivity contribution in [1.29, 1.82) is 0 Å². The maximum atomic E-state index is 13.3. The van der Waals surface area contributed by atoms with Gasteiger partial charge >= 0.3 is 0 Å². The smallest absolute Gasteiger partial charge is 0.125 e. The Hall–Kier alpha value is -1.79. The van der Waals surface area contributed by atoms with Crippen LogP contribution in [-0.4, -0.2) is 46.1 Å². The molecule has 5 nitrogen and oxygen atoms in total. The zero-order chi connectivity index (χ0) is 13.8. The summed E-state index contributed by atoms with van der Waals surface area (Å²) in [5.74, 6) is -0.261. The lowest BCUT2D eigenvalue weighted by Gasteiger charge is -2.19. The fraction of sp³-hybridized carbons (Fsp3) is 0.429. The summed E-state index contributed by atoms with van der Waals surface area (Å²) >= 11 is 0. The molecule has 20 heavy (non-hydrogen) atoms. The Morgan fingerprint density at radius 3 is 3.10 bits per heavy atom. The van der Waals surface area contributed by atoms with Gasteiger partial charge in [0.1, 0.15) is 5.82 Å². The summed E-state index contributed by atoms with van der Waals surface area (Å²) in [4.78, 5) is 2.37. The van der Waals surface area contributed by atoms with E-state index < -0.39 is 0 Å². The van der Waals surface area contributed by atoms with E-state index in [0.717, 1.165) is 44.8 Å². The second-order valence-corrected chi connectivity index (χ2v) is 5.00. The Bertz CT molecular complexity index is 560. The molecule has 1 fully saturated rings. The molecule has 0 bridgehead atoms. The zero-order valence-corrected chi connectivity index (χ0v) is 11.3. The quantitative estimate of drug-likeness (QED) is 0.914. The molecule has 0 atom stereocenters. The van der Waals surface area contributed by atoms with Gasteiger partial charge in [-0.3, -0.25) is 4.90 Å². The molecule has 0 aliphatic carbocycles. The molecule has 1 saturated heterocycles. The summed E-state index contributed by atoms with van der Waals surface area (Å²) in [5.41, 5.74) is 1.70. The topological polar surface area (TPSA) is 46.0 Å². The van der Waals surface area contributed by atoms with Crippen LogP contribution in [0, 0.1) is 5.82 Å². The van der Waals surface area contributed by atoms with Crippen LogP contribution in [0.2, 0.25) is 0 Å². The first kappa shape index (κ1) is 13.2. The first-order valence-corrected chi connectivity index (χ1v) is 6.91. The van der Waals surface area contributed by atoms with Crippen molar-refractivity contribution in [2.75, 3.05) is 26.2 Å². The molecule has 0 radical (unpaired) electrons. The minimum atomic E-state index is -0.261. The summed E-state index contributed by atoms with van der Waals surface area (Å²) < 4.78 is 15.0. The van der Waals surface area contributed by atoms with E-state index in [-0.39, 0.29) is 5.82 Å². The first-order chi connectivity index (χ1) is 9.83. The van der Waals surface area contributed by atoms with Crippen LogP contribution < -0.4 is 5.32 Å². The summed E-state index contributed by atoms with van der Waals surface area (Å²) in [5, 5.41) is 11.4. The third kappa shape index (κ3) is 3.02. The van der Waals surface area contributed by atoms with E-state index in [9.17, 15) is 4.39 Å². The number of rotatable bonds is 3. The Morgan fingerprint density at radius 2 is 2.20 bits per heavy atom. The molecule has 6 heteroatoms. The lowest BCUT2D eigenvalue weighted by Crippen LogP contribution is -2.28. The van der Waals surface area contributed by atoms with Crippen LogP contribution in [0.1, 0.15) is 12.1 Å². The third-order valence-corrected chi connectivity index (χ3v) is 3.49. The summed E-state index contributed by atoms with van der Waals surface area (Å²) in [6.07, 6.45) is 2.89. The van der Waals surface area contributed by atoms with Crippen molar-refractivity contribution < 1.29 is 4.39 Å². The SMILES string of the molecule is Fc1cccc(-n2nncc2CN2CCCNCC2)c1. The zero-order valence-electron chi connectivity index (χ0n) is 11.3. The largest absolute Gasteiger partial charge is 0.315 e. The van der Waals surface area contributed by atoms with Crippen LogP contribution in [0.4, 0.5) is 4.39 Å². The van der Waals surface area contributed by atoms with Gasteiger partial charge < -0.3 is 5.32 Å². The monoisotopic (exact) mass is 275 g/mol. The average molecular weight is 275 g/mol. The van der Waals surface area contributed by atoms with Gasteiger partial charge in [-0.2, -0.15) is 0 Å². The molecule has 1 aliphatic rings. The number of hydrogen-bond acceptors (Lipinski definition) is 4. The van der Waals surface area contributed by atoms with Crippen LogP contribution in [0.5, 0.6) is 0 Å². The molecule has 1 aromatic carbocycles. The number of nitrogens with zero attached hydrogens (tertiary/aromatic N) is 4.